The average molecular weight is 250 g/mol. The Labute approximate surface area is 113 Å². The van der Waals surface area contributed by atoms with Crippen LogP contribution >= 0.6 is 0 Å². The molecule has 0 aliphatic rings. The second-order valence-corrected chi connectivity index (χ2v) is 6.39. The van der Waals surface area contributed by atoms with Crippen molar-refractivity contribution in [3.63, 3.8) is 0 Å². The molecule has 0 saturated heterocycles. The number of hydrogen-bond acceptors (Lipinski definition) is 0. The van der Waals surface area contributed by atoms with Gasteiger partial charge in [-0.1, -0.05) is 12.1 Å². The minimum absolute atomic E-state index is 0.955. The lowest BCUT2D eigenvalue weighted by Crippen LogP contribution is -2.41. The van der Waals surface area contributed by atoms with Gasteiger partial charge in [0, 0.05) is 6.42 Å². The normalized spacial score (nSPS) is 12.8. The zero-order chi connectivity index (χ0) is 13.8. The maximum atomic E-state index is 2.30. The molecule has 0 saturated carbocycles. The number of benzene rings is 1. The van der Waals surface area contributed by atoms with Crippen LogP contribution in [0, 0.1) is 0 Å². The van der Waals surface area contributed by atoms with Gasteiger partial charge in [-0.05, 0) is 31.5 Å². The van der Waals surface area contributed by atoms with Crippen LogP contribution in [-0.2, 0) is 6.42 Å². The standard InChI is InChI=1S/C16H30N2/c1-7-17(3,4)14-13-15-9-11-16(12-10-15)18(5,6)8-2/h9-12H,7-8,13-14H2,1-6H3/q+2. The maximum Gasteiger partial charge on any atom is 0.132 e. The molecule has 0 fully saturated rings. The summed E-state index contributed by atoms with van der Waals surface area (Å²) < 4.78 is 2.05. The molecule has 0 bridgehead atoms. The van der Waals surface area contributed by atoms with Crippen molar-refractivity contribution >= 4 is 5.69 Å². The second kappa shape index (κ2) is 5.85. The van der Waals surface area contributed by atoms with Crippen molar-refractivity contribution < 1.29 is 4.48 Å². The Hall–Kier alpha value is -0.860. The predicted octanol–water partition coefficient (Wildman–Crippen LogP) is 2.91. The number of hydrogen-bond donors (Lipinski definition) is 0. The Balaban J connectivity index is 2.67. The Morgan fingerprint density at radius 1 is 0.833 bits per heavy atom. The van der Waals surface area contributed by atoms with Crippen molar-refractivity contribution in [3.05, 3.63) is 29.8 Å². The van der Waals surface area contributed by atoms with Gasteiger partial charge in [0.15, 0.2) is 0 Å². The van der Waals surface area contributed by atoms with Crippen LogP contribution < -0.4 is 4.48 Å². The fraction of sp³-hybridized carbons (Fsp3) is 0.625. The van der Waals surface area contributed by atoms with Gasteiger partial charge in [0.2, 0.25) is 0 Å². The molecule has 2 heteroatoms. The first kappa shape index (κ1) is 15.2. The van der Waals surface area contributed by atoms with Crippen molar-refractivity contribution in [1.29, 1.82) is 0 Å². The second-order valence-electron chi connectivity index (χ2n) is 6.39. The molecule has 0 heterocycles. The Morgan fingerprint density at radius 2 is 1.39 bits per heavy atom. The Morgan fingerprint density at radius 3 is 1.83 bits per heavy atom. The lowest BCUT2D eigenvalue weighted by Gasteiger charge is -2.29. The van der Waals surface area contributed by atoms with Gasteiger partial charge in [-0.25, -0.2) is 0 Å². The van der Waals surface area contributed by atoms with Gasteiger partial charge in [0.05, 0.1) is 47.8 Å². The predicted molar refractivity (Wildman–Crippen MR) is 81.8 cm³/mol. The largest absolute Gasteiger partial charge is 0.328 e. The van der Waals surface area contributed by atoms with Crippen LogP contribution in [0.2, 0.25) is 0 Å². The molecule has 2 nitrogen and oxygen atoms in total. The first-order valence-corrected chi connectivity index (χ1v) is 7.05. The van der Waals surface area contributed by atoms with Gasteiger partial charge in [-0.15, -0.1) is 0 Å². The highest BCUT2D eigenvalue weighted by Gasteiger charge is 2.16. The molecule has 0 radical (unpaired) electrons. The lowest BCUT2D eigenvalue weighted by atomic mass is 10.1. The van der Waals surface area contributed by atoms with Gasteiger partial charge < -0.3 is 4.48 Å². The zero-order valence-corrected chi connectivity index (χ0v) is 13.0. The number of rotatable bonds is 6. The van der Waals surface area contributed by atoms with E-state index in [0.29, 0.717) is 0 Å². The van der Waals surface area contributed by atoms with Crippen LogP contribution in [0.25, 0.3) is 0 Å². The van der Waals surface area contributed by atoms with E-state index in [9.17, 15) is 0 Å². The molecule has 0 amide bonds. The minimum Gasteiger partial charge on any atom is -0.328 e. The first-order chi connectivity index (χ1) is 8.30. The fourth-order valence-corrected chi connectivity index (χ4v) is 1.84. The quantitative estimate of drug-likeness (QED) is 0.681. The molecule has 0 atom stereocenters. The van der Waals surface area contributed by atoms with Gasteiger partial charge in [0.25, 0.3) is 0 Å². The Kier molecular flexibility index (Phi) is 4.94. The van der Waals surface area contributed by atoms with E-state index in [-0.39, 0.29) is 0 Å². The SMILES string of the molecule is CC[N+](C)(C)CCc1ccc([N+](C)(C)CC)cc1. The lowest BCUT2D eigenvalue weighted by molar-refractivity contribution is -0.888. The Bertz CT molecular complexity index is 363. The third-order valence-corrected chi connectivity index (χ3v) is 4.29. The molecule has 0 spiro atoms. The van der Waals surface area contributed by atoms with E-state index < -0.39 is 0 Å². The molecule has 0 unspecified atom stereocenters. The van der Waals surface area contributed by atoms with Crippen molar-refractivity contribution in [2.24, 2.45) is 0 Å². The van der Waals surface area contributed by atoms with Crippen LogP contribution in [0.5, 0.6) is 0 Å². The minimum atomic E-state index is 0.955. The summed E-state index contributed by atoms with van der Waals surface area (Å²) in [7, 11) is 9.11. The number of nitrogens with zero attached hydrogens (tertiary/aromatic N) is 2. The topological polar surface area (TPSA) is 0 Å². The molecular formula is C16H30N2+2. The molecule has 1 rings (SSSR count). The number of quaternary nitrogens is 2. The smallest absolute Gasteiger partial charge is 0.132 e. The van der Waals surface area contributed by atoms with Gasteiger partial charge >= 0.3 is 0 Å². The van der Waals surface area contributed by atoms with Crippen LogP contribution in [0.4, 0.5) is 5.69 Å². The van der Waals surface area contributed by atoms with E-state index in [1.807, 2.05) is 0 Å². The monoisotopic (exact) mass is 250 g/mol. The zero-order valence-electron chi connectivity index (χ0n) is 13.0. The summed E-state index contributed by atoms with van der Waals surface area (Å²) in [6, 6.07) is 9.15. The molecule has 1 aromatic rings. The van der Waals surface area contributed by atoms with Gasteiger partial charge in [-0.3, -0.25) is 4.48 Å². The summed E-state index contributed by atoms with van der Waals surface area (Å²) in [5.74, 6) is 0. The van der Waals surface area contributed by atoms with E-state index >= 15 is 0 Å². The van der Waals surface area contributed by atoms with Crippen LogP contribution in [0.3, 0.4) is 0 Å². The van der Waals surface area contributed by atoms with E-state index in [2.05, 4.69) is 66.3 Å². The van der Waals surface area contributed by atoms with E-state index in [0.717, 1.165) is 15.5 Å². The summed E-state index contributed by atoms with van der Waals surface area (Å²) in [5, 5.41) is 0. The summed E-state index contributed by atoms with van der Waals surface area (Å²) in [6.45, 7) is 8.01. The van der Waals surface area contributed by atoms with Crippen molar-refractivity contribution in [1.82, 2.24) is 4.48 Å². The average Bonchev–Trinajstić information content (AvgIpc) is 2.37. The van der Waals surface area contributed by atoms with Crippen LogP contribution in [-0.4, -0.2) is 52.3 Å². The summed E-state index contributed by atoms with van der Waals surface area (Å²) in [4.78, 5) is 0. The summed E-state index contributed by atoms with van der Waals surface area (Å²) in [5.41, 5.74) is 2.85. The molecule has 0 aromatic heterocycles. The highest BCUT2D eigenvalue weighted by molar-refractivity contribution is 5.43. The van der Waals surface area contributed by atoms with Crippen LogP contribution in [0.1, 0.15) is 19.4 Å². The molecule has 102 valence electrons. The highest BCUT2D eigenvalue weighted by Crippen LogP contribution is 2.19. The van der Waals surface area contributed by atoms with E-state index in [1.54, 1.807) is 0 Å². The van der Waals surface area contributed by atoms with Gasteiger partial charge in [0.1, 0.15) is 5.69 Å². The summed E-state index contributed by atoms with van der Waals surface area (Å²) >= 11 is 0. The molecular weight excluding hydrogens is 220 g/mol. The van der Waals surface area contributed by atoms with E-state index in [4.69, 9.17) is 0 Å². The first-order valence-electron chi connectivity index (χ1n) is 7.05. The van der Waals surface area contributed by atoms with Gasteiger partial charge in [-0.2, -0.15) is 0 Å². The van der Waals surface area contributed by atoms with Crippen molar-refractivity contribution in [3.8, 4) is 0 Å². The van der Waals surface area contributed by atoms with Crippen molar-refractivity contribution in [2.75, 3.05) is 47.8 Å². The molecule has 18 heavy (non-hydrogen) atoms. The molecule has 1 aromatic carbocycles. The highest BCUT2D eigenvalue weighted by atomic mass is 15.3. The maximum absolute atomic E-state index is 2.30. The molecule has 0 aliphatic heterocycles. The van der Waals surface area contributed by atoms with Crippen LogP contribution in [0.15, 0.2) is 24.3 Å². The molecule has 0 aliphatic carbocycles. The number of likely N-dealkylation sites (N-methyl/N-ethyl adjacent to an activating group) is 1. The fourth-order valence-electron chi connectivity index (χ4n) is 1.84. The third kappa shape index (κ3) is 4.11. The molecule has 0 N–H and O–H groups in total. The summed E-state index contributed by atoms with van der Waals surface area (Å²) in [6.07, 6.45) is 1.17. The third-order valence-electron chi connectivity index (χ3n) is 4.29. The van der Waals surface area contributed by atoms with Crippen molar-refractivity contribution in [2.45, 2.75) is 20.3 Å². The van der Waals surface area contributed by atoms with E-state index in [1.165, 1.54) is 30.8 Å².